The van der Waals surface area contributed by atoms with Gasteiger partial charge in [0, 0.05) is 16.9 Å². The minimum atomic E-state index is -0.0230. The van der Waals surface area contributed by atoms with Crippen molar-refractivity contribution in [2.75, 3.05) is 11.5 Å². The lowest BCUT2D eigenvalue weighted by Gasteiger charge is -2.08. The van der Waals surface area contributed by atoms with Crippen molar-refractivity contribution in [3.05, 3.63) is 48.0 Å². The molecule has 16 heavy (non-hydrogen) atoms. The second-order valence-electron chi connectivity index (χ2n) is 3.71. The summed E-state index contributed by atoms with van der Waals surface area (Å²) in [5.74, 6) is 0. The van der Waals surface area contributed by atoms with Gasteiger partial charge in [-0.3, -0.25) is 0 Å². The molecule has 0 unspecified atom stereocenters. The van der Waals surface area contributed by atoms with E-state index in [-0.39, 0.29) is 6.61 Å². The highest BCUT2D eigenvalue weighted by Gasteiger charge is 2.04. The topological polar surface area (TPSA) is 72.3 Å². The smallest absolute Gasteiger partial charge is 0.0682 e. The summed E-state index contributed by atoms with van der Waals surface area (Å²) in [6, 6.07) is 13.1. The summed E-state index contributed by atoms with van der Waals surface area (Å²) >= 11 is 0. The molecule has 0 aliphatic rings. The van der Waals surface area contributed by atoms with Gasteiger partial charge in [0.25, 0.3) is 0 Å². The molecule has 0 aromatic heterocycles. The van der Waals surface area contributed by atoms with Crippen molar-refractivity contribution in [2.24, 2.45) is 0 Å². The Morgan fingerprint density at radius 1 is 1.00 bits per heavy atom. The monoisotopic (exact) mass is 214 g/mol. The highest BCUT2D eigenvalue weighted by Crippen LogP contribution is 2.28. The lowest BCUT2D eigenvalue weighted by molar-refractivity contribution is 0.282. The Morgan fingerprint density at radius 3 is 2.44 bits per heavy atom. The Labute approximate surface area is 94.3 Å². The molecule has 0 amide bonds. The van der Waals surface area contributed by atoms with Crippen LogP contribution in [-0.2, 0) is 6.61 Å². The number of aliphatic hydroxyl groups is 1. The summed E-state index contributed by atoms with van der Waals surface area (Å²) < 4.78 is 0. The molecule has 2 aromatic rings. The first kappa shape index (κ1) is 10.5. The van der Waals surface area contributed by atoms with E-state index in [1.165, 1.54) is 0 Å². The fraction of sp³-hybridized carbons (Fsp3) is 0.0769. The molecule has 0 atom stereocenters. The van der Waals surface area contributed by atoms with Crippen LogP contribution in [0.1, 0.15) is 5.56 Å². The standard InChI is InChI=1S/C13H14N2O/c14-11-6-9(8-16)5-10(7-11)12-3-1-2-4-13(12)15/h1-7,16H,8,14-15H2. The van der Waals surface area contributed by atoms with E-state index in [1.54, 1.807) is 6.07 Å². The van der Waals surface area contributed by atoms with Gasteiger partial charge in [0.05, 0.1) is 6.61 Å². The van der Waals surface area contributed by atoms with Crippen LogP contribution in [0.5, 0.6) is 0 Å². The zero-order valence-electron chi connectivity index (χ0n) is 8.85. The summed E-state index contributed by atoms with van der Waals surface area (Å²) in [5.41, 5.74) is 15.7. The number of hydrogen-bond acceptors (Lipinski definition) is 3. The largest absolute Gasteiger partial charge is 0.399 e. The first-order chi connectivity index (χ1) is 7.70. The number of benzene rings is 2. The Hall–Kier alpha value is -2.00. The van der Waals surface area contributed by atoms with Crippen LogP contribution in [0.4, 0.5) is 11.4 Å². The quantitative estimate of drug-likeness (QED) is 0.669. The lowest BCUT2D eigenvalue weighted by atomic mass is 10.0. The van der Waals surface area contributed by atoms with Gasteiger partial charge in [-0.05, 0) is 35.4 Å². The second kappa shape index (κ2) is 4.24. The minimum absolute atomic E-state index is 0.0230. The number of hydrogen-bond donors (Lipinski definition) is 3. The fourth-order valence-corrected chi connectivity index (χ4v) is 1.73. The molecular formula is C13H14N2O. The molecule has 0 heterocycles. The van der Waals surface area contributed by atoms with E-state index < -0.39 is 0 Å². The molecule has 0 aliphatic carbocycles. The number of nitrogen functional groups attached to an aromatic ring is 2. The summed E-state index contributed by atoms with van der Waals surface area (Å²) in [6.07, 6.45) is 0. The van der Waals surface area contributed by atoms with Crippen LogP contribution in [0.15, 0.2) is 42.5 Å². The van der Waals surface area contributed by atoms with Gasteiger partial charge < -0.3 is 16.6 Å². The first-order valence-electron chi connectivity index (χ1n) is 5.06. The molecule has 0 aliphatic heterocycles. The predicted molar refractivity (Wildman–Crippen MR) is 66.6 cm³/mol. The summed E-state index contributed by atoms with van der Waals surface area (Å²) in [6.45, 7) is -0.0230. The third-order valence-electron chi connectivity index (χ3n) is 2.47. The van der Waals surface area contributed by atoms with Gasteiger partial charge in [0.1, 0.15) is 0 Å². The maximum absolute atomic E-state index is 9.12. The van der Waals surface area contributed by atoms with Crippen LogP contribution < -0.4 is 11.5 Å². The summed E-state index contributed by atoms with van der Waals surface area (Å²) in [7, 11) is 0. The minimum Gasteiger partial charge on any atom is -0.399 e. The van der Waals surface area contributed by atoms with E-state index in [0.29, 0.717) is 11.4 Å². The molecule has 82 valence electrons. The van der Waals surface area contributed by atoms with Crippen molar-refractivity contribution < 1.29 is 5.11 Å². The van der Waals surface area contributed by atoms with Gasteiger partial charge >= 0.3 is 0 Å². The highest BCUT2D eigenvalue weighted by molar-refractivity contribution is 5.78. The number of aliphatic hydroxyl groups excluding tert-OH is 1. The van der Waals surface area contributed by atoms with Gasteiger partial charge in [0.2, 0.25) is 0 Å². The van der Waals surface area contributed by atoms with Gasteiger partial charge in [-0.1, -0.05) is 18.2 Å². The maximum atomic E-state index is 9.12. The van der Waals surface area contributed by atoms with Crippen molar-refractivity contribution in [1.29, 1.82) is 0 Å². The molecule has 0 bridgehead atoms. The molecule has 0 fully saturated rings. The van der Waals surface area contributed by atoms with E-state index in [1.807, 2.05) is 36.4 Å². The number of anilines is 2. The van der Waals surface area contributed by atoms with Crippen molar-refractivity contribution in [1.82, 2.24) is 0 Å². The van der Waals surface area contributed by atoms with Gasteiger partial charge in [0.15, 0.2) is 0 Å². The van der Waals surface area contributed by atoms with Crippen molar-refractivity contribution in [2.45, 2.75) is 6.61 Å². The molecule has 0 saturated heterocycles. The van der Waals surface area contributed by atoms with Crippen LogP contribution >= 0.6 is 0 Å². The molecule has 0 spiro atoms. The summed E-state index contributed by atoms with van der Waals surface area (Å²) in [5, 5.41) is 9.12. The molecule has 2 aromatic carbocycles. The van der Waals surface area contributed by atoms with Crippen LogP contribution in [0.3, 0.4) is 0 Å². The Kier molecular flexibility index (Phi) is 2.79. The first-order valence-corrected chi connectivity index (χ1v) is 5.06. The highest BCUT2D eigenvalue weighted by atomic mass is 16.3. The van der Waals surface area contributed by atoms with Crippen LogP contribution in [0.2, 0.25) is 0 Å². The van der Waals surface area contributed by atoms with Crippen molar-refractivity contribution in [3.8, 4) is 11.1 Å². The number of rotatable bonds is 2. The maximum Gasteiger partial charge on any atom is 0.0682 e. The Balaban J connectivity index is 2.56. The Bertz CT molecular complexity index is 509. The van der Waals surface area contributed by atoms with Crippen molar-refractivity contribution >= 4 is 11.4 Å². The molecule has 0 radical (unpaired) electrons. The van der Waals surface area contributed by atoms with E-state index in [0.717, 1.165) is 16.7 Å². The third-order valence-corrected chi connectivity index (χ3v) is 2.47. The average Bonchev–Trinajstić information content (AvgIpc) is 2.28. The van der Waals surface area contributed by atoms with Crippen LogP contribution in [0.25, 0.3) is 11.1 Å². The van der Waals surface area contributed by atoms with E-state index in [9.17, 15) is 0 Å². The van der Waals surface area contributed by atoms with Gasteiger partial charge in [-0.25, -0.2) is 0 Å². The number of para-hydroxylation sites is 1. The van der Waals surface area contributed by atoms with E-state index in [2.05, 4.69) is 0 Å². The van der Waals surface area contributed by atoms with Gasteiger partial charge in [-0.2, -0.15) is 0 Å². The van der Waals surface area contributed by atoms with E-state index >= 15 is 0 Å². The van der Waals surface area contributed by atoms with Crippen LogP contribution in [0, 0.1) is 0 Å². The SMILES string of the molecule is Nc1cc(CO)cc(-c2ccccc2N)c1. The molecule has 5 N–H and O–H groups in total. The second-order valence-corrected chi connectivity index (χ2v) is 3.71. The van der Waals surface area contributed by atoms with Gasteiger partial charge in [-0.15, -0.1) is 0 Å². The molecule has 3 nitrogen and oxygen atoms in total. The average molecular weight is 214 g/mol. The molecule has 0 saturated carbocycles. The van der Waals surface area contributed by atoms with Crippen LogP contribution in [-0.4, -0.2) is 5.11 Å². The zero-order valence-corrected chi connectivity index (χ0v) is 8.85. The lowest BCUT2D eigenvalue weighted by Crippen LogP contribution is -1.94. The Morgan fingerprint density at radius 2 is 1.75 bits per heavy atom. The normalized spacial score (nSPS) is 10.3. The summed E-state index contributed by atoms with van der Waals surface area (Å²) in [4.78, 5) is 0. The molecular weight excluding hydrogens is 200 g/mol. The molecule has 3 heteroatoms. The van der Waals surface area contributed by atoms with Crippen molar-refractivity contribution in [3.63, 3.8) is 0 Å². The molecule has 2 rings (SSSR count). The number of nitrogens with two attached hydrogens (primary N) is 2. The third kappa shape index (κ3) is 1.99. The van der Waals surface area contributed by atoms with E-state index in [4.69, 9.17) is 16.6 Å². The fourth-order valence-electron chi connectivity index (χ4n) is 1.73. The zero-order chi connectivity index (χ0) is 11.5. The predicted octanol–water partition coefficient (Wildman–Crippen LogP) is 2.01.